The van der Waals surface area contributed by atoms with Crippen molar-refractivity contribution in [3.63, 3.8) is 0 Å². The second kappa shape index (κ2) is 5.49. The van der Waals surface area contributed by atoms with Crippen LogP contribution in [0.3, 0.4) is 0 Å². The fraction of sp³-hybridized carbons (Fsp3) is 0.786. The van der Waals surface area contributed by atoms with Crippen LogP contribution in [0.2, 0.25) is 0 Å². The van der Waals surface area contributed by atoms with E-state index in [1.54, 1.807) is 0 Å². The molecule has 0 aromatic carbocycles. The maximum Gasteiger partial charge on any atom is 0.0959 e. The van der Waals surface area contributed by atoms with Crippen LogP contribution in [0.25, 0.3) is 0 Å². The first-order chi connectivity index (χ1) is 8.42. The predicted molar refractivity (Wildman–Crippen MR) is 72.7 cm³/mol. The Kier molecular flexibility index (Phi) is 3.77. The summed E-state index contributed by atoms with van der Waals surface area (Å²) in [7, 11) is 0. The summed E-state index contributed by atoms with van der Waals surface area (Å²) in [5.74, 6) is 0.777. The lowest BCUT2D eigenvalue weighted by Gasteiger charge is -2.19. The summed E-state index contributed by atoms with van der Waals surface area (Å²) in [6, 6.07) is 0.691. The summed E-state index contributed by atoms with van der Waals surface area (Å²) in [6.07, 6.45) is 10.8. The smallest absolute Gasteiger partial charge is 0.0959 e. The molecule has 3 heteroatoms. The van der Waals surface area contributed by atoms with Gasteiger partial charge in [0.15, 0.2) is 0 Å². The molecule has 2 aliphatic rings. The highest BCUT2D eigenvalue weighted by Gasteiger charge is 2.20. The highest BCUT2D eigenvalue weighted by Crippen LogP contribution is 2.34. The molecule has 94 valence electrons. The van der Waals surface area contributed by atoms with E-state index in [-0.39, 0.29) is 0 Å². The molecule has 0 bridgehead atoms. The van der Waals surface area contributed by atoms with Gasteiger partial charge in [0.05, 0.1) is 10.7 Å². The van der Waals surface area contributed by atoms with Crippen molar-refractivity contribution >= 4 is 11.3 Å². The first-order valence-corrected chi connectivity index (χ1v) is 7.97. The number of nitrogens with one attached hydrogen (secondary N) is 1. The summed E-state index contributed by atoms with van der Waals surface area (Å²) in [5.41, 5.74) is 1.33. The Labute approximate surface area is 108 Å². The third kappa shape index (κ3) is 2.89. The zero-order chi connectivity index (χ0) is 11.5. The van der Waals surface area contributed by atoms with Crippen LogP contribution in [0.4, 0.5) is 0 Å². The molecule has 2 fully saturated rings. The molecule has 1 aromatic rings. The van der Waals surface area contributed by atoms with E-state index in [4.69, 9.17) is 4.98 Å². The summed E-state index contributed by atoms with van der Waals surface area (Å²) in [4.78, 5) is 4.88. The maximum atomic E-state index is 4.88. The van der Waals surface area contributed by atoms with Crippen molar-refractivity contribution in [1.29, 1.82) is 0 Å². The lowest BCUT2D eigenvalue weighted by molar-refractivity contribution is 0.441. The van der Waals surface area contributed by atoms with Crippen LogP contribution < -0.4 is 5.32 Å². The van der Waals surface area contributed by atoms with Crippen molar-refractivity contribution in [3.05, 3.63) is 16.1 Å². The van der Waals surface area contributed by atoms with Crippen molar-refractivity contribution in [1.82, 2.24) is 10.3 Å². The van der Waals surface area contributed by atoms with Gasteiger partial charge in [-0.05, 0) is 32.2 Å². The molecule has 1 aliphatic carbocycles. The van der Waals surface area contributed by atoms with E-state index >= 15 is 0 Å². The van der Waals surface area contributed by atoms with Gasteiger partial charge in [0.1, 0.15) is 0 Å². The monoisotopic (exact) mass is 250 g/mol. The van der Waals surface area contributed by atoms with E-state index < -0.39 is 0 Å². The molecule has 0 amide bonds. The maximum absolute atomic E-state index is 4.88. The average molecular weight is 250 g/mol. The zero-order valence-corrected chi connectivity index (χ0v) is 11.3. The first kappa shape index (κ1) is 11.7. The van der Waals surface area contributed by atoms with Gasteiger partial charge in [0.2, 0.25) is 0 Å². The molecule has 1 saturated carbocycles. The number of hydrogen-bond acceptors (Lipinski definition) is 3. The van der Waals surface area contributed by atoms with Crippen molar-refractivity contribution in [2.24, 2.45) is 0 Å². The highest BCUT2D eigenvalue weighted by molar-refractivity contribution is 7.09. The number of nitrogens with zero attached hydrogens (tertiary/aromatic N) is 1. The minimum Gasteiger partial charge on any atom is -0.314 e. The average Bonchev–Trinajstić information content (AvgIpc) is 3.02. The standard InChI is InChI=1S/C14H22N2S/c1-2-5-11(6-3-1)14-16-13(10-17-14)9-12-7-4-8-15-12/h10-12,15H,1-9H2. The fourth-order valence-corrected chi connectivity index (χ4v) is 4.14. The van der Waals surface area contributed by atoms with Gasteiger partial charge >= 0.3 is 0 Å². The minimum atomic E-state index is 0.691. The Morgan fingerprint density at radius 2 is 2.06 bits per heavy atom. The molecule has 3 rings (SSSR count). The lowest BCUT2D eigenvalue weighted by atomic mass is 9.90. The molecule has 1 atom stereocenters. The van der Waals surface area contributed by atoms with E-state index in [0.717, 1.165) is 12.3 Å². The topological polar surface area (TPSA) is 24.9 Å². The summed E-state index contributed by atoms with van der Waals surface area (Å²) >= 11 is 1.90. The number of aromatic nitrogens is 1. The molecule has 1 N–H and O–H groups in total. The quantitative estimate of drug-likeness (QED) is 0.888. The van der Waals surface area contributed by atoms with E-state index in [1.165, 1.54) is 62.2 Å². The van der Waals surface area contributed by atoms with Crippen molar-refractivity contribution in [2.75, 3.05) is 6.54 Å². The third-order valence-corrected chi connectivity index (χ3v) is 5.20. The molecule has 0 radical (unpaired) electrons. The minimum absolute atomic E-state index is 0.691. The second-order valence-electron chi connectivity index (χ2n) is 5.51. The van der Waals surface area contributed by atoms with Gasteiger partial charge in [-0.15, -0.1) is 11.3 Å². The molecule has 17 heavy (non-hydrogen) atoms. The Morgan fingerprint density at radius 1 is 1.18 bits per heavy atom. The first-order valence-electron chi connectivity index (χ1n) is 7.09. The molecule has 2 nitrogen and oxygen atoms in total. The van der Waals surface area contributed by atoms with Gasteiger partial charge in [0.25, 0.3) is 0 Å². The predicted octanol–water partition coefficient (Wildman–Crippen LogP) is 3.49. The Bertz CT molecular complexity index is 349. The van der Waals surface area contributed by atoms with Gasteiger partial charge in [-0.25, -0.2) is 4.98 Å². The molecule has 1 unspecified atom stereocenters. The van der Waals surface area contributed by atoms with E-state index in [0.29, 0.717) is 6.04 Å². The van der Waals surface area contributed by atoms with Crippen LogP contribution >= 0.6 is 11.3 Å². The van der Waals surface area contributed by atoms with E-state index in [9.17, 15) is 0 Å². The molecular weight excluding hydrogens is 228 g/mol. The van der Waals surface area contributed by atoms with Crippen LogP contribution in [0.1, 0.15) is 61.6 Å². The Morgan fingerprint density at radius 3 is 2.82 bits per heavy atom. The van der Waals surface area contributed by atoms with Crippen LogP contribution in [-0.4, -0.2) is 17.6 Å². The summed E-state index contributed by atoms with van der Waals surface area (Å²) in [5, 5.41) is 7.27. The molecular formula is C14H22N2S. The SMILES string of the molecule is c1sc(C2CCCCC2)nc1CC1CCCN1. The van der Waals surface area contributed by atoms with Crippen LogP contribution in [0.5, 0.6) is 0 Å². The number of rotatable bonds is 3. The second-order valence-corrected chi connectivity index (χ2v) is 6.40. The van der Waals surface area contributed by atoms with Crippen LogP contribution in [-0.2, 0) is 6.42 Å². The normalized spacial score (nSPS) is 26.5. The van der Waals surface area contributed by atoms with E-state index in [1.807, 2.05) is 11.3 Å². The van der Waals surface area contributed by atoms with Gasteiger partial charge in [-0.1, -0.05) is 19.3 Å². The molecule has 1 aromatic heterocycles. The van der Waals surface area contributed by atoms with Crippen molar-refractivity contribution in [3.8, 4) is 0 Å². The van der Waals surface area contributed by atoms with Crippen LogP contribution in [0.15, 0.2) is 5.38 Å². The van der Waals surface area contributed by atoms with Crippen molar-refractivity contribution in [2.45, 2.75) is 63.3 Å². The van der Waals surface area contributed by atoms with E-state index in [2.05, 4.69) is 10.7 Å². The summed E-state index contributed by atoms with van der Waals surface area (Å²) in [6.45, 7) is 1.20. The largest absolute Gasteiger partial charge is 0.314 e. The number of thiazole rings is 1. The third-order valence-electron chi connectivity index (χ3n) is 4.14. The van der Waals surface area contributed by atoms with Gasteiger partial charge < -0.3 is 5.32 Å². The van der Waals surface area contributed by atoms with Gasteiger partial charge in [-0.2, -0.15) is 0 Å². The molecule has 2 heterocycles. The fourth-order valence-electron chi connectivity index (χ4n) is 3.14. The Hall–Kier alpha value is -0.410. The van der Waals surface area contributed by atoms with Crippen molar-refractivity contribution < 1.29 is 0 Å². The molecule has 1 saturated heterocycles. The Balaban J connectivity index is 1.60. The lowest BCUT2D eigenvalue weighted by Crippen LogP contribution is -2.23. The van der Waals surface area contributed by atoms with Crippen LogP contribution in [0, 0.1) is 0 Å². The molecule has 0 spiro atoms. The van der Waals surface area contributed by atoms with Gasteiger partial charge in [0, 0.05) is 23.8 Å². The number of hydrogen-bond donors (Lipinski definition) is 1. The highest BCUT2D eigenvalue weighted by atomic mass is 32.1. The summed E-state index contributed by atoms with van der Waals surface area (Å²) < 4.78 is 0. The van der Waals surface area contributed by atoms with Gasteiger partial charge in [-0.3, -0.25) is 0 Å². The molecule has 1 aliphatic heterocycles. The zero-order valence-electron chi connectivity index (χ0n) is 10.5.